The Bertz CT molecular complexity index is 764. The molecule has 1 atom stereocenters. The first-order valence-corrected chi connectivity index (χ1v) is 7.77. The van der Waals surface area contributed by atoms with Gasteiger partial charge in [-0.3, -0.25) is 0 Å². The minimum atomic E-state index is -0.141. The van der Waals surface area contributed by atoms with Crippen LogP contribution in [0.2, 0.25) is 0 Å². The summed E-state index contributed by atoms with van der Waals surface area (Å²) in [4.78, 5) is 0. The van der Waals surface area contributed by atoms with Crippen LogP contribution in [0.25, 0.3) is 10.8 Å². The Morgan fingerprint density at radius 1 is 0.900 bits per heavy atom. The molecule has 0 radical (unpaired) electrons. The van der Waals surface area contributed by atoms with Crippen LogP contribution in [0.5, 0.6) is 0 Å². The predicted octanol–water partition coefficient (Wildman–Crippen LogP) is 6.24. The highest BCUT2D eigenvalue weighted by molar-refractivity contribution is 9.10. The van der Waals surface area contributed by atoms with Crippen molar-refractivity contribution < 1.29 is 0 Å². The standard InChI is InChI=1S/C18H14BrCl/c1-12-9-10-17(16-8-3-2-7-15(12)16)18(20)13-5-4-6-14(19)11-13/h2-11,18H,1H3. The van der Waals surface area contributed by atoms with Gasteiger partial charge in [0.2, 0.25) is 0 Å². The number of hydrogen-bond donors (Lipinski definition) is 0. The molecule has 3 rings (SSSR count). The van der Waals surface area contributed by atoms with Crippen molar-refractivity contribution in [3.8, 4) is 0 Å². The molecule has 20 heavy (non-hydrogen) atoms. The van der Waals surface area contributed by atoms with Gasteiger partial charge in [0.1, 0.15) is 0 Å². The van der Waals surface area contributed by atoms with Crippen LogP contribution in [0, 0.1) is 6.92 Å². The van der Waals surface area contributed by atoms with Gasteiger partial charge in [-0.15, -0.1) is 11.6 Å². The summed E-state index contributed by atoms with van der Waals surface area (Å²) in [6.45, 7) is 2.13. The van der Waals surface area contributed by atoms with E-state index >= 15 is 0 Å². The molecule has 2 heteroatoms. The second-order valence-corrected chi connectivity index (χ2v) is 6.29. The van der Waals surface area contributed by atoms with Gasteiger partial charge in [-0.25, -0.2) is 0 Å². The van der Waals surface area contributed by atoms with Crippen LogP contribution in [-0.2, 0) is 0 Å². The van der Waals surface area contributed by atoms with Gasteiger partial charge in [0.05, 0.1) is 5.38 Å². The SMILES string of the molecule is Cc1ccc(C(Cl)c2cccc(Br)c2)c2ccccc12. The molecule has 1 unspecified atom stereocenters. The van der Waals surface area contributed by atoms with Crippen molar-refractivity contribution in [3.63, 3.8) is 0 Å². The highest BCUT2D eigenvalue weighted by atomic mass is 79.9. The molecule has 0 fully saturated rings. The molecule has 100 valence electrons. The van der Waals surface area contributed by atoms with Gasteiger partial charge < -0.3 is 0 Å². The lowest BCUT2D eigenvalue weighted by atomic mass is 9.95. The average Bonchev–Trinajstić information content (AvgIpc) is 2.47. The van der Waals surface area contributed by atoms with Gasteiger partial charge in [-0.1, -0.05) is 64.5 Å². The molecule has 0 amide bonds. The third-order valence-corrected chi connectivity index (χ3v) is 4.57. The summed E-state index contributed by atoms with van der Waals surface area (Å²) in [6, 6.07) is 20.9. The van der Waals surface area contributed by atoms with E-state index in [1.807, 2.05) is 12.1 Å². The Morgan fingerprint density at radius 3 is 2.40 bits per heavy atom. The van der Waals surface area contributed by atoms with Crippen LogP contribution in [0.15, 0.2) is 65.1 Å². The third-order valence-electron chi connectivity index (χ3n) is 3.59. The normalized spacial score (nSPS) is 12.6. The van der Waals surface area contributed by atoms with E-state index in [-0.39, 0.29) is 5.38 Å². The number of halogens is 2. The van der Waals surface area contributed by atoms with Crippen LogP contribution >= 0.6 is 27.5 Å². The molecule has 3 aromatic rings. The fraction of sp³-hybridized carbons (Fsp3) is 0.111. The van der Waals surface area contributed by atoms with E-state index in [2.05, 4.69) is 71.4 Å². The number of aryl methyl sites for hydroxylation is 1. The average molecular weight is 346 g/mol. The Balaban J connectivity index is 2.17. The smallest absolute Gasteiger partial charge is 0.0841 e. The van der Waals surface area contributed by atoms with E-state index in [9.17, 15) is 0 Å². The Morgan fingerprint density at radius 2 is 1.65 bits per heavy atom. The van der Waals surface area contributed by atoms with Crippen molar-refractivity contribution in [3.05, 3.63) is 81.8 Å². The topological polar surface area (TPSA) is 0 Å². The highest BCUT2D eigenvalue weighted by Crippen LogP contribution is 2.35. The monoisotopic (exact) mass is 344 g/mol. The third kappa shape index (κ3) is 2.48. The van der Waals surface area contributed by atoms with Crippen molar-refractivity contribution in [2.45, 2.75) is 12.3 Å². The largest absolute Gasteiger partial charge is 0.113 e. The first kappa shape index (κ1) is 13.7. The lowest BCUT2D eigenvalue weighted by Gasteiger charge is -2.15. The second kappa shape index (κ2) is 5.59. The maximum Gasteiger partial charge on any atom is 0.0841 e. The van der Waals surface area contributed by atoms with Crippen LogP contribution < -0.4 is 0 Å². The Labute approximate surface area is 132 Å². The zero-order chi connectivity index (χ0) is 14.1. The maximum absolute atomic E-state index is 6.71. The second-order valence-electron chi connectivity index (χ2n) is 4.93. The maximum atomic E-state index is 6.71. The Kier molecular flexibility index (Phi) is 3.82. The molecule has 0 aliphatic carbocycles. The van der Waals surface area contributed by atoms with Gasteiger partial charge in [0, 0.05) is 4.47 Å². The van der Waals surface area contributed by atoms with Crippen molar-refractivity contribution in [2.24, 2.45) is 0 Å². The van der Waals surface area contributed by atoms with Gasteiger partial charge in [-0.2, -0.15) is 0 Å². The van der Waals surface area contributed by atoms with Crippen LogP contribution in [-0.4, -0.2) is 0 Å². The van der Waals surface area contributed by atoms with E-state index in [1.165, 1.54) is 16.3 Å². The van der Waals surface area contributed by atoms with E-state index in [0.717, 1.165) is 15.6 Å². The van der Waals surface area contributed by atoms with Crippen molar-refractivity contribution in [2.75, 3.05) is 0 Å². The number of benzene rings is 3. The van der Waals surface area contributed by atoms with Gasteiger partial charge in [0.25, 0.3) is 0 Å². The van der Waals surface area contributed by atoms with E-state index in [1.54, 1.807) is 0 Å². The first-order valence-electron chi connectivity index (χ1n) is 6.54. The van der Waals surface area contributed by atoms with Crippen LogP contribution in [0.3, 0.4) is 0 Å². The molecule has 0 aliphatic heterocycles. The van der Waals surface area contributed by atoms with Gasteiger partial charge >= 0.3 is 0 Å². The van der Waals surface area contributed by atoms with E-state index in [4.69, 9.17) is 11.6 Å². The zero-order valence-corrected chi connectivity index (χ0v) is 13.4. The van der Waals surface area contributed by atoms with Gasteiger partial charge in [-0.05, 0) is 46.5 Å². The van der Waals surface area contributed by atoms with E-state index in [0.29, 0.717) is 0 Å². The zero-order valence-electron chi connectivity index (χ0n) is 11.1. The molecule has 0 heterocycles. The Hall–Kier alpha value is -1.31. The van der Waals surface area contributed by atoms with Crippen LogP contribution in [0.1, 0.15) is 22.1 Å². The molecule has 0 saturated carbocycles. The lowest BCUT2D eigenvalue weighted by molar-refractivity contribution is 1.15. The summed E-state index contributed by atoms with van der Waals surface area (Å²) in [6.07, 6.45) is 0. The number of rotatable bonds is 2. The molecule has 3 aromatic carbocycles. The summed E-state index contributed by atoms with van der Waals surface area (Å²) in [7, 11) is 0. The highest BCUT2D eigenvalue weighted by Gasteiger charge is 2.14. The van der Waals surface area contributed by atoms with Crippen LogP contribution in [0.4, 0.5) is 0 Å². The van der Waals surface area contributed by atoms with Crippen molar-refractivity contribution in [1.29, 1.82) is 0 Å². The molecule has 0 saturated heterocycles. The fourth-order valence-corrected chi connectivity index (χ4v) is 3.28. The van der Waals surface area contributed by atoms with Gasteiger partial charge in [0.15, 0.2) is 0 Å². The minimum absolute atomic E-state index is 0.141. The summed E-state index contributed by atoms with van der Waals surface area (Å²) >= 11 is 10.2. The summed E-state index contributed by atoms with van der Waals surface area (Å²) in [5.74, 6) is 0. The molecular weight excluding hydrogens is 332 g/mol. The fourth-order valence-electron chi connectivity index (χ4n) is 2.54. The summed E-state index contributed by atoms with van der Waals surface area (Å²) in [5.41, 5.74) is 3.54. The summed E-state index contributed by atoms with van der Waals surface area (Å²) in [5, 5.41) is 2.36. The molecular formula is C18H14BrCl. The molecule has 0 aliphatic rings. The molecule has 0 nitrogen and oxygen atoms in total. The number of hydrogen-bond acceptors (Lipinski definition) is 0. The number of fused-ring (bicyclic) bond motifs is 1. The predicted molar refractivity (Wildman–Crippen MR) is 90.5 cm³/mol. The molecule has 0 bridgehead atoms. The van der Waals surface area contributed by atoms with Crippen molar-refractivity contribution in [1.82, 2.24) is 0 Å². The number of alkyl halides is 1. The molecule has 0 aromatic heterocycles. The minimum Gasteiger partial charge on any atom is -0.113 e. The lowest BCUT2D eigenvalue weighted by Crippen LogP contribution is -1.95. The van der Waals surface area contributed by atoms with E-state index < -0.39 is 0 Å². The quantitative estimate of drug-likeness (QED) is 0.482. The molecule has 0 N–H and O–H groups in total. The molecule has 0 spiro atoms. The first-order chi connectivity index (χ1) is 9.66. The van der Waals surface area contributed by atoms with Crippen molar-refractivity contribution >= 4 is 38.3 Å². The summed E-state index contributed by atoms with van der Waals surface area (Å²) < 4.78 is 1.05.